The monoisotopic (exact) mass is 218 g/mol. The minimum Gasteiger partial charge on any atom is -0.477 e. The second-order valence-corrected chi connectivity index (χ2v) is 3.34. The minimum atomic E-state index is -1.23. The first-order chi connectivity index (χ1) is 7.57. The molecule has 1 aromatic rings. The highest BCUT2D eigenvalue weighted by Gasteiger charge is 2.16. The molecule has 0 heterocycles. The molecular weight excluding hydrogens is 204 g/mol. The normalized spacial score (nSPS) is 11.0. The molecule has 0 atom stereocenters. The van der Waals surface area contributed by atoms with E-state index >= 15 is 0 Å². The van der Waals surface area contributed by atoms with Crippen LogP contribution in [0.2, 0.25) is 0 Å². The number of aliphatic carboxylic acids is 1. The van der Waals surface area contributed by atoms with Crippen LogP contribution in [-0.4, -0.2) is 23.8 Å². The maximum Gasteiger partial charge on any atom is 0.354 e. The van der Waals surface area contributed by atoms with Crippen molar-refractivity contribution in [2.45, 2.75) is 6.92 Å². The molecule has 0 unspecified atom stereocenters. The third-order valence-electron chi connectivity index (χ3n) is 2.21. The standard InChI is InChI=1S/C12H14N2O2/c1-8-5-3-4-6-9(8)10(7-14-2)11(13)12(15)16/h3-7,13-14H,1-2H3,(H,15,16)/b10-7-,13-11?. The van der Waals surface area contributed by atoms with Crippen molar-refractivity contribution in [3.63, 3.8) is 0 Å². The minimum absolute atomic E-state index is 0.383. The molecule has 0 bridgehead atoms. The maximum absolute atomic E-state index is 10.8. The van der Waals surface area contributed by atoms with Crippen LogP contribution in [-0.2, 0) is 4.79 Å². The molecule has 4 nitrogen and oxygen atoms in total. The quantitative estimate of drug-likeness (QED) is 0.673. The van der Waals surface area contributed by atoms with Gasteiger partial charge in [0.05, 0.1) is 0 Å². The van der Waals surface area contributed by atoms with Gasteiger partial charge in [-0.25, -0.2) is 4.79 Å². The second-order valence-electron chi connectivity index (χ2n) is 3.34. The zero-order chi connectivity index (χ0) is 12.1. The van der Waals surface area contributed by atoms with Gasteiger partial charge in [0.1, 0.15) is 5.71 Å². The molecule has 1 rings (SSSR count). The number of carboxylic acid groups (broad SMARTS) is 1. The number of rotatable bonds is 4. The molecule has 0 aliphatic heterocycles. The zero-order valence-electron chi connectivity index (χ0n) is 9.24. The van der Waals surface area contributed by atoms with Crippen LogP contribution in [0.3, 0.4) is 0 Å². The number of carboxylic acids is 1. The zero-order valence-corrected chi connectivity index (χ0v) is 9.24. The summed E-state index contributed by atoms with van der Waals surface area (Å²) >= 11 is 0. The van der Waals surface area contributed by atoms with Crippen molar-refractivity contribution in [3.8, 4) is 0 Å². The van der Waals surface area contributed by atoms with Gasteiger partial charge in [-0.15, -0.1) is 0 Å². The Morgan fingerprint density at radius 2 is 2.06 bits per heavy atom. The van der Waals surface area contributed by atoms with Gasteiger partial charge in [-0.1, -0.05) is 24.3 Å². The van der Waals surface area contributed by atoms with Gasteiger partial charge in [0.15, 0.2) is 0 Å². The fraction of sp³-hybridized carbons (Fsp3) is 0.167. The molecule has 0 saturated carbocycles. The Kier molecular flexibility index (Phi) is 3.83. The Labute approximate surface area is 94.1 Å². The Morgan fingerprint density at radius 3 is 2.56 bits per heavy atom. The molecule has 4 heteroatoms. The Hall–Kier alpha value is -2.10. The van der Waals surface area contributed by atoms with Gasteiger partial charge >= 0.3 is 5.97 Å². The van der Waals surface area contributed by atoms with E-state index < -0.39 is 11.7 Å². The fourth-order valence-corrected chi connectivity index (χ4v) is 1.42. The van der Waals surface area contributed by atoms with E-state index in [4.69, 9.17) is 10.5 Å². The number of carbonyl (C=O) groups is 1. The van der Waals surface area contributed by atoms with Gasteiger partial charge in [-0.2, -0.15) is 0 Å². The maximum atomic E-state index is 10.8. The molecule has 0 fully saturated rings. The van der Waals surface area contributed by atoms with Crippen molar-refractivity contribution >= 4 is 17.3 Å². The highest BCUT2D eigenvalue weighted by molar-refractivity contribution is 6.52. The summed E-state index contributed by atoms with van der Waals surface area (Å²) in [6.45, 7) is 1.88. The first-order valence-corrected chi connectivity index (χ1v) is 4.83. The molecular formula is C12H14N2O2. The molecule has 0 amide bonds. The summed E-state index contributed by atoms with van der Waals surface area (Å²) < 4.78 is 0. The van der Waals surface area contributed by atoms with E-state index in [0.29, 0.717) is 5.57 Å². The largest absolute Gasteiger partial charge is 0.477 e. The Balaban J connectivity index is 3.25. The van der Waals surface area contributed by atoms with E-state index in [1.54, 1.807) is 13.1 Å². The molecule has 0 aliphatic carbocycles. The van der Waals surface area contributed by atoms with Gasteiger partial charge in [0.25, 0.3) is 0 Å². The van der Waals surface area contributed by atoms with E-state index in [1.165, 1.54) is 6.20 Å². The average Bonchev–Trinajstić information content (AvgIpc) is 2.26. The van der Waals surface area contributed by atoms with Gasteiger partial charge in [0, 0.05) is 18.8 Å². The van der Waals surface area contributed by atoms with E-state index in [0.717, 1.165) is 11.1 Å². The molecule has 0 aliphatic rings. The van der Waals surface area contributed by atoms with Gasteiger partial charge in [-0.3, -0.25) is 5.41 Å². The topological polar surface area (TPSA) is 73.2 Å². The predicted molar refractivity (Wildman–Crippen MR) is 63.6 cm³/mol. The summed E-state index contributed by atoms with van der Waals surface area (Å²) in [7, 11) is 1.67. The number of nitrogens with one attached hydrogen (secondary N) is 2. The lowest BCUT2D eigenvalue weighted by Gasteiger charge is -2.09. The van der Waals surface area contributed by atoms with Crippen LogP contribution < -0.4 is 5.32 Å². The van der Waals surface area contributed by atoms with E-state index in [-0.39, 0.29) is 0 Å². The lowest BCUT2D eigenvalue weighted by molar-refractivity contribution is -0.129. The lowest BCUT2D eigenvalue weighted by atomic mass is 9.98. The van der Waals surface area contributed by atoms with Crippen LogP contribution >= 0.6 is 0 Å². The highest BCUT2D eigenvalue weighted by Crippen LogP contribution is 2.19. The Bertz CT molecular complexity index is 450. The third-order valence-corrected chi connectivity index (χ3v) is 2.21. The van der Waals surface area contributed by atoms with E-state index in [1.807, 2.05) is 25.1 Å². The molecule has 3 N–H and O–H groups in total. The van der Waals surface area contributed by atoms with Crippen molar-refractivity contribution in [3.05, 3.63) is 41.6 Å². The van der Waals surface area contributed by atoms with Crippen LogP contribution in [0.1, 0.15) is 11.1 Å². The number of aryl methyl sites for hydroxylation is 1. The van der Waals surface area contributed by atoms with Crippen molar-refractivity contribution < 1.29 is 9.90 Å². The van der Waals surface area contributed by atoms with Crippen molar-refractivity contribution in [2.24, 2.45) is 0 Å². The molecule has 84 valence electrons. The number of hydrogen-bond acceptors (Lipinski definition) is 3. The van der Waals surface area contributed by atoms with Crippen LogP contribution in [0.4, 0.5) is 0 Å². The first-order valence-electron chi connectivity index (χ1n) is 4.83. The molecule has 16 heavy (non-hydrogen) atoms. The third kappa shape index (κ3) is 2.48. The van der Waals surface area contributed by atoms with Crippen molar-refractivity contribution in [2.75, 3.05) is 7.05 Å². The summed E-state index contributed by atoms with van der Waals surface area (Å²) in [5.41, 5.74) is 1.66. The summed E-state index contributed by atoms with van der Waals surface area (Å²) in [4.78, 5) is 10.8. The van der Waals surface area contributed by atoms with Crippen LogP contribution in [0.15, 0.2) is 30.5 Å². The average molecular weight is 218 g/mol. The Morgan fingerprint density at radius 1 is 1.44 bits per heavy atom. The van der Waals surface area contributed by atoms with Crippen molar-refractivity contribution in [1.29, 1.82) is 5.41 Å². The van der Waals surface area contributed by atoms with Crippen LogP contribution in [0.25, 0.3) is 5.57 Å². The molecule has 1 aromatic carbocycles. The molecule has 0 aromatic heterocycles. The molecule has 0 radical (unpaired) electrons. The van der Waals surface area contributed by atoms with Crippen LogP contribution in [0.5, 0.6) is 0 Å². The highest BCUT2D eigenvalue weighted by atomic mass is 16.4. The summed E-state index contributed by atoms with van der Waals surface area (Å²) in [6, 6.07) is 7.38. The van der Waals surface area contributed by atoms with Crippen LogP contribution in [0, 0.1) is 12.3 Å². The summed E-state index contributed by atoms with van der Waals surface area (Å²) in [6.07, 6.45) is 1.53. The van der Waals surface area contributed by atoms with Gasteiger partial charge in [-0.05, 0) is 18.1 Å². The summed E-state index contributed by atoms with van der Waals surface area (Å²) in [5, 5.41) is 19.1. The smallest absolute Gasteiger partial charge is 0.354 e. The predicted octanol–water partition coefficient (Wildman–Crippen LogP) is 1.66. The van der Waals surface area contributed by atoms with E-state index in [9.17, 15) is 4.79 Å². The van der Waals surface area contributed by atoms with Gasteiger partial charge < -0.3 is 10.4 Å². The van der Waals surface area contributed by atoms with Gasteiger partial charge in [0.2, 0.25) is 0 Å². The second kappa shape index (κ2) is 5.11. The fourth-order valence-electron chi connectivity index (χ4n) is 1.42. The van der Waals surface area contributed by atoms with Crippen molar-refractivity contribution in [1.82, 2.24) is 5.32 Å². The van der Waals surface area contributed by atoms with E-state index in [2.05, 4.69) is 5.32 Å². The lowest BCUT2D eigenvalue weighted by Crippen LogP contribution is -2.16. The number of benzene rings is 1. The molecule has 0 spiro atoms. The summed E-state index contributed by atoms with van der Waals surface area (Å²) in [5.74, 6) is -1.23. The molecule has 0 saturated heterocycles. The first kappa shape index (κ1) is 12.0. The number of hydrogen-bond donors (Lipinski definition) is 3. The SMILES string of the molecule is CN/C=C(\C(=N)C(=O)O)c1ccccc1C.